The highest BCUT2D eigenvalue weighted by Gasteiger charge is 2.16. The summed E-state index contributed by atoms with van der Waals surface area (Å²) in [6, 6.07) is 7.76. The van der Waals surface area contributed by atoms with Crippen LogP contribution in [-0.2, 0) is 0 Å². The third-order valence-corrected chi connectivity index (χ3v) is 3.32. The lowest BCUT2D eigenvalue weighted by Crippen LogP contribution is -2.09. The van der Waals surface area contributed by atoms with Gasteiger partial charge in [0.1, 0.15) is 5.75 Å². The fraction of sp³-hybridized carbons (Fsp3) is 0.571. The molecule has 0 aromatic heterocycles. The average Bonchev–Trinajstić information content (AvgIpc) is 2.79. The van der Waals surface area contributed by atoms with Crippen molar-refractivity contribution in [3.05, 3.63) is 29.8 Å². The minimum absolute atomic E-state index is 0.459. The molecule has 0 amide bonds. The summed E-state index contributed by atoms with van der Waals surface area (Å²) in [6.07, 6.45) is 4.80. The standard InChI is InChI=1S/C14H20O2/c1-11(15)13-8-4-5-9-14(13)16-10-12-6-2-3-7-12/h4-5,8-9,11-12,15H,2-3,6-7,10H2,1H3/t11-/m1/s1. The van der Waals surface area contributed by atoms with Gasteiger partial charge in [0.05, 0.1) is 12.7 Å². The summed E-state index contributed by atoms with van der Waals surface area (Å²) in [7, 11) is 0. The number of rotatable bonds is 4. The minimum atomic E-state index is -0.459. The van der Waals surface area contributed by atoms with Crippen molar-refractivity contribution in [2.75, 3.05) is 6.61 Å². The van der Waals surface area contributed by atoms with Crippen LogP contribution in [0.15, 0.2) is 24.3 Å². The smallest absolute Gasteiger partial charge is 0.125 e. The van der Waals surface area contributed by atoms with Gasteiger partial charge in [-0.15, -0.1) is 0 Å². The molecule has 0 heterocycles. The average molecular weight is 220 g/mol. The van der Waals surface area contributed by atoms with Gasteiger partial charge in [0.2, 0.25) is 0 Å². The number of ether oxygens (including phenoxy) is 1. The number of aliphatic hydroxyl groups excluding tert-OH is 1. The van der Waals surface area contributed by atoms with Crippen molar-refractivity contribution in [2.45, 2.75) is 38.7 Å². The Balaban J connectivity index is 1.97. The van der Waals surface area contributed by atoms with Crippen molar-refractivity contribution in [2.24, 2.45) is 5.92 Å². The quantitative estimate of drug-likeness (QED) is 0.843. The molecule has 1 fully saturated rings. The highest BCUT2D eigenvalue weighted by molar-refractivity contribution is 5.34. The Hall–Kier alpha value is -1.02. The molecule has 16 heavy (non-hydrogen) atoms. The molecule has 0 saturated heterocycles. The van der Waals surface area contributed by atoms with Crippen LogP contribution >= 0.6 is 0 Å². The second kappa shape index (κ2) is 5.35. The Kier molecular flexibility index (Phi) is 3.83. The van der Waals surface area contributed by atoms with E-state index in [1.165, 1.54) is 25.7 Å². The van der Waals surface area contributed by atoms with Crippen LogP contribution < -0.4 is 4.74 Å². The SMILES string of the molecule is C[C@@H](O)c1ccccc1OCC1CCCC1. The largest absolute Gasteiger partial charge is 0.493 e. The molecule has 88 valence electrons. The van der Waals surface area contributed by atoms with E-state index in [1.54, 1.807) is 6.92 Å². The molecule has 1 aliphatic carbocycles. The van der Waals surface area contributed by atoms with E-state index in [-0.39, 0.29) is 0 Å². The molecule has 1 atom stereocenters. The molecule has 0 bridgehead atoms. The molecule has 1 aromatic carbocycles. The van der Waals surface area contributed by atoms with Gasteiger partial charge in [0, 0.05) is 5.56 Å². The van der Waals surface area contributed by atoms with Crippen molar-refractivity contribution in [3.63, 3.8) is 0 Å². The van der Waals surface area contributed by atoms with Gasteiger partial charge in [-0.3, -0.25) is 0 Å². The molecule has 0 unspecified atom stereocenters. The fourth-order valence-corrected chi connectivity index (χ4v) is 2.34. The van der Waals surface area contributed by atoms with E-state index in [4.69, 9.17) is 4.74 Å². The normalized spacial score (nSPS) is 18.6. The summed E-state index contributed by atoms with van der Waals surface area (Å²) < 4.78 is 5.82. The first-order valence-electron chi connectivity index (χ1n) is 6.17. The van der Waals surface area contributed by atoms with Crippen LogP contribution in [0.3, 0.4) is 0 Å². The van der Waals surface area contributed by atoms with E-state index < -0.39 is 6.10 Å². The predicted molar refractivity (Wildman–Crippen MR) is 64.5 cm³/mol. The molecule has 2 nitrogen and oxygen atoms in total. The Morgan fingerprint density at radius 2 is 2.00 bits per heavy atom. The lowest BCUT2D eigenvalue weighted by molar-refractivity contribution is 0.186. The van der Waals surface area contributed by atoms with Crippen LogP contribution in [-0.4, -0.2) is 11.7 Å². The van der Waals surface area contributed by atoms with Crippen LogP contribution in [0.4, 0.5) is 0 Å². The van der Waals surface area contributed by atoms with Gasteiger partial charge in [-0.2, -0.15) is 0 Å². The fourth-order valence-electron chi connectivity index (χ4n) is 2.34. The molecule has 1 aliphatic rings. The van der Waals surface area contributed by atoms with Crippen LogP contribution in [0.25, 0.3) is 0 Å². The van der Waals surface area contributed by atoms with E-state index in [0.29, 0.717) is 5.92 Å². The van der Waals surface area contributed by atoms with Gasteiger partial charge < -0.3 is 9.84 Å². The zero-order valence-electron chi connectivity index (χ0n) is 9.86. The highest BCUT2D eigenvalue weighted by Crippen LogP contribution is 2.28. The number of aliphatic hydroxyl groups is 1. The molecule has 0 spiro atoms. The summed E-state index contributed by atoms with van der Waals surface area (Å²) in [5.74, 6) is 1.55. The molecule has 0 aliphatic heterocycles. The molecule has 1 saturated carbocycles. The van der Waals surface area contributed by atoms with Gasteiger partial charge in [0.25, 0.3) is 0 Å². The van der Waals surface area contributed by atoms with Gasteiger partial charge in [-0.25, -0.2) is 0 Å². The van der Waals surface area contributed by atoms with Crippen LogP contribution in [0, 0.1) is 5.92 Å². The number of benzene rings is 1. The van der Waals surface area contributed by atoms with Crippen molar-refractivity contribution < 1.29 is 9.84 Å². The number of hydrogen-bond donors (Lipinski definition) is 1. The zero-order chi connectivity index (χ0) is 11.4. The molecular weight excluding hydrogens is 200 g/mol. The van der Waals surface area contributed by atoms with E-state index in [0.717, 1.165) is 17.9 Å². The van der Waals surface area contributed by atoms with E-state index in [9.17, 15) is 5.11 Å². The maximum atomic E-state index is 9.62. The first kappa shape index (κ1) is 11.5. The molecule has 2 heteroatoms. The topological polar surface area (TPSA) is 29.5 Å². The van der Waals surface area contributed by atoms with Crippen molar-refractivity contribution in [1.82, 2.24) is 0 Å². The maximum absolute atomic E-state index is 9.62. The second-order valence-corrected chi connectivity index (χ2v) is 4.68. The van der Waals surface area contributed by atoms with Crippen molar-refractivity contribution in [3.8, 4) is 5.75 Å². The van der Waals surface area contributed by atoms with Crippen LogP contribution in [0.2, 0.25) is 0 Å². The summed E-state index contributed by atoms with van der Waals surface area (Å²) in [5.41, 5.74) is 0.889. The van der Waals surface area contributed by atoms with Gasteiger partial charge in [-0.1, -0.05) is 31.0 Å². The van der Waals surface area contributed by atoms with Gasteiger partial charge in [-0.05, 0) is 31.7 Å². The Morgan fingerprint density at radius 3 is 2.69 bits per heavy atom. The molecule has 2 rings (SSSR count). The van der Waals surface area contributed by atoms with Crippen molar-refractivity contribution in [1.29, 1.82) is 0 Å². The zero-order valence-corrected chi connectivity index (χ0v) is 9.86. The molecule has 1 aromatic rings. The summed E-state index contributed by atoms with van der Waals surface area (Å²) in [4.78, 5) is 0. The van der Waals surface area contributed by atoms with E-state index in [2.05, 4.69) is 0 Å². The van der Waals surface area contributed by atoms with E-state index in [1.807, 2.05) is 24.3 Å². The molecular formula is C14H20O2. The van der Waals surface area contributed by atoms with Gasteiger partial charge >= 0.3 is 0 Å². The monoisotopic (exact) mass is 220 g/mol. The Bertz CT molecular complexity index is 327. The summed E-state index contributed by atoms with van der Waals surface area (Å²) in [6.45, 7) is 2.57. The number of hydrogen-bond acceptors (Lipinski definition) is 2. The first-order valence-corrected chi connectivity index (χ1v) is 6.17. The summed E-state index contributed by atoms with van der Waals surface area (Å²) >= 11 is 0. The molecule has 1 N–H and O–H groups in total. The lowest BCUT2D eigenvalue weighted by Gasteiger charge is -2.15. The molecule has 0 radical (unpaired) electrons. The van der Waals surface area contributed by atoms with Crippen LogP contribution in [0.1, 0.15) is 44.3 Å². The summed E-state index contributed by atoms with van der Waals surface area (Å²) in [5, 5.41) is 9.62. The highest BCUT2D eigenvalue weighted by atomic mass is 16.5. The number of para-hydroxylation sites is 1. The Labute approximate surface area is 97.3 Å². The first-order chi connectivity index (χ1) is 7.77. The second-order valence-electron chi connectivity index (χ2n) is 4.68. The lowest BCUT2D eigenvalue weighted by atomic mass is 10.1. The van der Waals surface area contributed by atoms with Crippen molar-refractivity contribution >= 4 is 0 Å². The van der Waals surface area contributed by atoms with E-state index >= 15 is 0 Å². The third kappa shape index (κ3) is 2.76. The Morgan fingerprint density at radius 1 is 1.31 bits per heavy atom. The predicted octanol–water partition coefficient (Wildman–Crippen LogP) is 3.31. The minimum Gasteiger partial charge on any atom is -0.493 e. The van der Waals surface area contributed by atoms with Crippen LogP contribution in [0.5, 0.6) is 5.75 Å². The maximum Gasteiger partial charge on any atom is 0.125 e. The van der Waals surface area contributed by atoms with Gasteiger partial charge in [0.15, 0.2) is 0 Å². The third-order valence-electron chi connectivity index (χ3n) is 3.32.